The van der Waals surface area contributed by atoms with E-state index in [9.17, 15) is 4.79 Å². The van der Waals surface area contributed by atoms with Crippen LogP contribution in [0.15, 0.2) is 12.7 Å². The van der Waals surface area contributed by atoms with Crippen molar-refractivity contribution in [3.8, 4) is 0 Å². The Morgan fingerprint density at radius 2 is 1.91 bits per heavy atom. The lowest BCUT2D eigenvalue weighted by Gasteiger charge is -2.37. The smallest absolute Gasteiger partial charge is 0.290 e. The van der Waals surface area contributed by atoms with Crippen LogP contribution < -0.4 is 5.32 Å². The van der Waals surface area contributed by atoms with E-state index in [1.807, 2.05) is 0 Å². The van der Waals surface area contributed by atoms with E-state index in [0.29, 0.717) is 13.1 Å². The first kappa shape index (κ1) is 17.4. The maximum Gasteiger partial charge on any atom is 0.290 e. The molecule has 1 saturated carbocycles. The van der Waals surface area contributed by atoms with Crippen molar-refractivity contribution in [2.45, 2.75) is 50.6 Å². The molecule has 8 nitrogen and oxygen atoms in total. The highest BCUT2D eigenvalue weighted by molar-refractivity contribution is 5.86. The van der Waals surface area contributed by atoms with Crippen LogP contribution in [0.3, 0.4) is 0 Å². The van der Waals surface area contributed by atoms with Crippen molar-refractivity contribution in [2.24, 2.45) is 0 Å². The largest absolute Gasteiger partial charge is 0.483 e. The van der Waals surface area contributed by atoms with Crippen molar-refractivity contribution >= 4 is 12.4 Å². The fraction of sp³-hybridized carbons (Fsp3) is 0.733. The van der Waals surface area contributed by atoms with Crippen LogP contribution in [-0.2, 0) is 16.1 Å². The highest BCUT2D eigenvalue weighted by atomic mass is 16.3. The molecule has 1 saturated heterocycles. The number of rotatable bonds is 5. The van der Waals surface area contributed by atoms with E-state index < -0.39 is 0 Å². The van der Waals surface area contributed by atoms with Gasteiger partial charge in [0, 0.05) is 6.54 Å². The monoisotopic (exact) mass is 323 g/mol. The Morgan fingerprint density at radius 1 is 1.26 bits per heavy atom. The van der Waals surface area contributed by atoms with Crippen LogP contribution in [0.5, 0.6) is 0 Å². The number of nitrogens with one attached hydrogen (secondary N) is 1. The van der Waals surface area contributed by atoms with Gasteiger partial charge in [-0.15, -0.1) is 0 Å². The molecule has 128 valence electrons. The number of carbonyl (C=O) groups excluding carboxylic acids is 1. The van der Waals surface area contributed by atoms with Gasteiger partial charge in [0.1, 0.15) is 18.2 Å². The first-order valence-corrected chi connectivity index (χ1v) is 8.16. The molecule has 2 fully saturated rings. The Balaban J connectivity index is 0.000000595. The van der Waals surface area contributed by atoms with Crippen molar-refractivity contribution in [1.82, 2.24) is 25.0 Å². The highest BCUT2D eigenvalue weighted by Gasteiger charge is 2.46. The first-order valence-electron chi connectivity index (χ1n) is 8.16. The molecule has 0 aromatic carbocycles. The molecule has 23 heavy (non-hydrogen) atoms. The number of aromatic nitrogens is 3. The van der Waals surface area contributed by atoms with Gasteiger partial charge in [0.2, 0.25) is 5.91 Å². The van der Waals surface area contributed by atoms with E-state index in [4.69, 9.17) is 9.90 Å². The standard InChI is InChI=1S/C14H23N5O.CH2O2/c20-13(16-7-10-19-12-15-11-17-19)14(5-1-2-6-14)18-8-3-4-9-18;2-1-3/h11-12H,1-10H2,(H,16,20);1H,(H,2,3). The van der Waals surface area contributed by atoms with Gasteiger partial charge in [0.25, 0.3) is 6.47 Å². The average molecular weight is 323 g/mol. The van der Waals surface area contributed by atoms with E-state index in [1.54, 1.807) is 11.0 Å². The van der Waals surface area contributed by atoms with Crippen molar-refractivity contribution in [3.05, 3.63) is 12.7 Å². The summed E-state index contributed by atoms with van der Waals surface area (Å²) >= 11 is 0. The number of hydrogen-bond donors (Lipinski definition) is 2. The summed E-state index contributed by atoms with van der Waals surface area (Å²) in [5.41, 5.74) is -0.223. The molecule has 0 radical (unpaired) electrons. The van der Waals surface area contributed by atoms with Crippen molar-refractivity contribution in [2.75, 3.05) is 19.6 Å². The number of carbonyl (C=O) groups is 2. The lowest BCUT2D eigenvalue weighted by molar-refractivity contribution is -0.133. The third-order valence-electron chi connectivity index (χ3n) is 4.66. The molecule has 1 aliphatic carbocycles. The Labute approximate surface area is 135 Å². The fourth-order valence-electron chi connectivity index (χ4n) is 3.59. The fourth-order valence-corrected chi connectivity index (χ4v) is 3.59. The Kier molecular flexibility index (Phi) is 6.52. The van der Waals surface area contributed by atoms with E-state index in [0.717, 1.165) is 25.9 Å². The van der Waals surface area contributed by atoms with Crippen LogP contribution in [0.1, 0.15) is 38.5 Å². The molecule has 0 unspecified atom stereocenters. The zero-order chi connectivity index (χ0) is 16.5. The van der Waals surface area contributed by atoms with Gasteiger partial charge in [-0.2, -0.15) is 5.10 Å². The van der Waals surface area contributed by atoms with Gasteiger partial charge in [-0.05, 0) is 38.8 Å². The maximum atomic E-state index is 12.7. The molecular formula is C15H25N5O3. The van der Waals surface area contributed by atoms with E-state index >= 15 is 0 Å². The number of likely N-dealkylation sites (tertiary alicyclic amines) is 1. The zero-order valence-electron chi connectivity index (χ0n) is 13.4. The van der Waals surface area contributed by atoms with Gasteiger partial charge < -0.3 is 10.4 Å². The predicted octanol–water partition coefficient (Wildman–Crippen LogP) is 0.504. The second-order valence-electron chi connectivity index (χ2n) is 5.95. The molecule has 1 aromatic rings. The second-order valence-corrected chi connectivity index (χ2v) is 5.95. The highest BCUT2D eigenvalue weighted by Crippen LogP contribution is 2.37. The van der Waals surface area contributed by atoms with Crippen molar-refractivity contribution in [3.63, 3.8) is 0 Å². The minimum Gasteiger partial charge on any atom is -0.483 e. The van der Waals surface area contributed by atoms with Gasteiger partial charge in [-0.3, -0.25) is 19.2 Å². The van der Waals surface area contributed by atoms with Gasteiger partial charge in [0.15, 0.2) is 0 Å². The third-order valence-corrected chi connectivity index (χ3v) is 4.66. The molecular weight excluding hydrogens is 298 g/mol. The summed E-state index contributed by atoms with van der Waals surface area (Å²) in [6, 6.07) is 0. The van der Waals surface area contributed by atoms with Gasteiger partial charge in [-0.25, -0.2) is 4.98 Å². The molecule has 2 heterocycles. The van der Waals surface area contributed by atoms with Crippen LogP contribution in [0.4, 0.5) is 0 Å². The Hall–Kier alpha value is -1.96. The van der Waals surface area contributed by atoms with Gasteiger partial charge in [-0.1, -0.05) is 12.8 Å². The lowest BCUT2D eigenvalue weighted by Crippen LogP contribution is -2.56. The molecule has 0 atom stereocenters. The third kappa shape index (κ3) is 4.28. The van der Waals surface area contributed by atoms with Gasteiger partial charge in [0.05, 0.1) is 6.54 Å². The van der Waals surface area contributed by atoms with Crippen LogP contribution >= 0.6 is 0 Å². The Bertz CT molecular complexity index is 479. The van der Waals surface area contributed by atoms with Crippen LogP contribution in [0, 0.1) is 0 Å². The summed E-state index contributed by atoms with van der Waals surface area (Å²) in [4.78, 5) is 27.4. The number of carboxylic acid groups (broad SMARTS) is 1. The molecule has 0 spiro atoms. The topological polar surface area (TPSA) is 100 Å². The van der Waals surface area contributed by atoms with Crippen molar-refractivity contribution in [1.29, 1.82) is 0 Å². The molecule has 2 aliphatic rings. The average Bonchev–Trinajstić information content (AvgIpc) is 3.29. The van der Waals surface area contributed by atoms with E-state index in [2.05, 4.69) is 20.3 Å². The second kappa shape index (κ2) is 8.61. The predicted molar refractivity (Wildman–Crippen MR) is 83.7 cm³/mol. The van der Waals surface area contributed by atoms with Crippen LogP contribution in [0.25, 0.3) is 0 Å². The minimum atomic E-state index is -0.250. The normalized spacial score (nSPS) is 19.8. The molecule has 2 N–H and O–H groups in total. The van der Waals surface area contributed by atoms with E-state index in [1.165, 1.54) is 32.0 Å². The summed E-state index contributed by atoms with van der Waals surface area (Å²) in [7, 11) is 0. The summed E-state index contributed by atoms with van der Waals surface area (Å²) in [5, 5.41) is 14.0. The Morgan fingerprint density at radius 3 is 2.48 bits per heavy atom. The summed E-state index contributed by atoms with van der Waals surface area (Å²) in [6.07, 6.45) is 10.0. The molecule has 3 rings (SSSR count). The van der Waals surface area contributed by atoms with Crippen LogP contribution in [0.2, 0.25) is 0 Å². The summed E-state index contributed by atoms with van der Waals surface area (Å²) in [5.74, 6) is 0.219. The number of nitrogens with zero attached hydrogens (tertiary/aromatic N) is 4. The summed E-state index contributed by atoms with van der Waals surface area (Å²) in [6.45, 7) is 3.21. The zero-order valence-corrected chi connectivity index (χ0v) is 13.4. The number of hydrogen-bond acceptors (Lipinski definition) is 5. The molecule has 1 aliphatic heterocycles. The molecule has 1 aromatic heterocycles. The molecule has 8 heteroatoms. The molecule has 1 amide bonds. The SMILES string of the molecule is O=C(NCCn1cncn1)C1(N2CCCC2)CCCC1.O=CO. The van der Waals surface area contributed by atoms with Gasteiger partial charge >= 0.3 is 0 Å². The maximum absolute atomic E-state index is 12.7. The number of amides is 1. The van der Waals surface area contributed by atoms with E-state index in [-0.39, 0.29) is 17.9 Å². The van der Waals surface area contributed by atoms with Crippen LogP contribution in [-0.4, -0.2) is 62.3 Å². The quantitative estimate of drug-likeness (QED) is 0.766. The molecule has 0 bridgehead atoms. The van der Waals surface area contributed by atoms with Crippen molar-refractivity contribution < 1.29 is 14.7 Å². The lowest BCUT2D eigenvalue weighted by atomic mass is 9.94. The first-order chi connectivity index (χ1) is 11.2. The minimum absolute atomic E-state index is 0.219. The summed E-state index contributed by atoms with van der Waals surface area (Å²) < 4.78 is 1.75.